The lowest BCUT2D eigenvalue weighted by molar-refractivity contribution is -0.136. The summed E-state index contributed by atoms with van der Waals surface area (Å²) in [5, 5.41) is 14.4. The number of carbonyl (C=O) groups is 4. The van der Waals surface area contributed by atoms with Gasteiger partial charge in [0.15, 0.2) is 0 Å². The van der Waals surface area contributed by atoms with E-state index in [0.717, 1.165) is 42.3 Å². The number of nitrogens with one attached hydrogen (secondary N) is 2. The van der Waals surface area contributed by atoms with E-state index in [1.54, 1.807) is 30.3 Å². The SMILES string of the molecule is N#Cc1ccc(OC2CN(CC3C=CC(CNc4cccc5c4C(=O)N(C4CCC(=O)NC4=O)C5=O)=CC3)C2)cc1. The van der Waals surface area contributed by atoms with Gasteiger partial charge in [-0.15, -0.1) is 0 Å². The van der Waals surface area contributed by atoms with E-state index in [-0.39, 0.29) is 30.1 Å². The number of carbonyl (C=O) groups excluding carboxylic acids is 4. The molecule has 4 aliphatic rings. The maximum atomic E-state index is 13.3. The second-order valence-electron chi connectivity index (χ2n) is 10.8. The van der Waals surface area contributed by atoms with Crippen LogP contribution in [-0.2, 0) is 9.59 Å². The zero-order valence-electron chi connectivity index (χ0n) is 22.3. The molecule has 2 N–H and O–H groups in total. The summed E-state index contributed by atoms with van der Waals surface area (Å²) in [5.74, 6) is -0.874. The predicted octanol–water partition coefficient (Wildman–Crippen LogP) is 2.64. The minimum atomic E-state index is -0.988. The molecule has 2 fully saturated rings. The van der Waals surface area contributed by atoms with Gasteiger partial charge in [-0.1, -0.05) is 24.3 Å². The maximum absolute atomic E-state index is 13.3. The van der Waals surface area contributed by atoms with Gasteiger partial charge in [-0.2, -0.15) is 5.26 Å². The van der Waals surface area contributed by atoms with Gasteiger partial charge in [0.25, 0.3) is 11.8 Å². The van der Waals surface area contributed by atoms with Crippen LogP contribution in [0.1, 0.15) is 45.5 Å². The van der Waals surface area contributed by atoms with E-state index in [0.29, 0.717) is 23.7 Å². The number of benzene rings is 2. The van der Waals surface area contributed by atoms with Crippen molar-refractivity contribution >= 4 is 29.3 Å². The molecule has 10 heteroatoms. The Morgan fingerprint density at radius 2 is 1.85 bits per heavy atom. The summed E-state index contributed by atoms with van der Waals surface area (Å²) in [4.78, 5) is 53.6. The Hall–Kier alpha value is -4.75. The van der Waals surface area contributed by atoms with Gasteiger partial charge in [-0.05, 0) is 60.7 Å². The summed E-state index contributed by atoms with van der Waals surface area (Å²) < 4.78 is 5.99. The fourth-order valence-electron chi connectivity index (χ4n) is 5.71. The maximum Gasteiger partial charge on any atom is 0.264 e. The number of nitriles is 1. The molecule has 2 atom stereocenters. The standard InChI is InChI=1S/C31H29N5O5/c32-14-19-8-10-22(11-9-19)41-23-17-35(18-23)16-21-6-4-20(5-7-21)15-33-25-3-1-2-24-28(25)31(40)36(30(24)39)26-12-13-27(37)34-29(26)38/h1-6,8-11,21,23,26,33H,7,12-13,15-18H2,(H,34,37,38). The monoisotopic (exact) mass is 551 g/mol. The van der Waals surface area contributed by atoms with E-state index >= 15 is 0 Å². The molecule has 2 aromatic rings. The number of hydrogen-bond donors (Lipinski definition) is 2. The molecule has 2 saturated heterocycles. The van der Waals surface area contributed by atoms with Crippen LogP contribution in [0.2, 0.25) is 0 Å². The van der Waals surface area contributed by atoms with Gasteiger partial charge in [0.2, 0.25) is 11.8 Å². The van der Waals surface area contributed by atoms with Crippen LogP contribution in [0.5, 0.6) is 5.75 Å². The highest BCUT2D eigenvalue weighted by Crippen LogP contribution is 2.33. The van der Waals surface area contributed by atoms with Crippen molar-refractivity contribution in [3.8, 4) is 11.8 Å². The van der Waals surface area contributed by atoms with Crippen LogP contribution in [-0.4, -0.2) is 71.8 Å². The Labute approximate surface area is 237 Å². The van der Waals surface area contributed by atoms with E-state index in [4.69, 9.17) is 10.00 Å². The number of anilines is 1. The topological polar surface area (TPSA) is 132 Å². The highest BCUT2D eigenvalue weighted by molar-refractivity contribution is 6.25. The first-order valence-corrected chi connectivity index (χ1v) is 13.7. The first kappa shape index (κ1) is 26.5. The highest BCUT2D eigenvalue weighted by atomic mass is 16.5. The molecule has 0 aromatic heterocycles. The third-order valence-electron chi connectivity index (χ3n) is 7.92. The zero-order valence-corrected chi connectivity index (χ0v) is 22.3. The van der Waals surface area contributed by atoms with E-state index in [1.807, 2.05) is 12.1 Å². The van der Waals surface area contributed by atoms with E-state index in [9.17, 15) is 19.2 Å². The number of piperidine rings is 1. The summed E-state index contributed by atoms with van der Waals surface area (Å²) in [7, 11) is 0. The fraction of sp³-hybridized carbons (Fsp3) is 0.323. The average molecular weight is 552 g/mol. The Morgan fingerprint density at radius 3 is 2.56 bits per heavy atom. The largest absolute Gasteiger partial charge is 0.488 e. The van der Waals surface area contributed by atoms with Crippen molar-refractivity contribution in [2.75, 3.05) is 31.5 Å². The second kappa shape index (κ2) is 11.0. The van der Waals surface area contributed by atoms with Crippen molar-refractivity contribution in [2.45, 2.75) is 31.4 Å². The quantitative estimate of drug-likeness (QED) is 0.479. The first-order valence-electron chi connectivity index (χ1n) is 13.7. The summed E-state index contributed by atoms with van der Waals surface area (Å²) >= 11 is 0. The fourth-order valence-corrected chi connectivity index (χ4v) is 5.71. The summed E-state index contributed by atoms with van der Waals surface area (Å²) in [6, 6.07) is 13.4. The van der Waals surface area contributed by atoms with E-state index in [1.165, 1.54) is 0 Å². The number of amides is 4. The minimum Gasteiger partial charge on any atom is -0.488 e. The van der Waals surface area contributed by atoms with Crippen molar-refractivity contribution in [1.82, 2.24) is 15.1 Å². The van der Waals surface area contributed by atoms with Gasteiger partial charge < -0.3 is 10.1 Å². The third-order valence-corrected chi connectivity index (χ3v) is 7.92. The molecule has 41 heavy (non-hydrogen) atoms. The third kappa shape index (κ3) is 5.36. The van der Waals surface area contributed by atoms with Crippen LogP contribution in [0.25, 0.3) is 0 Å². The molecule has 0 radical (unpaired) electrons. The zero-order chi connectivity index (χ0) is 28.5. The molecule has 208 valence electrons. The molecule has 0 spiro atoms. The van der Waals surface area contributed by atoms with Gasteiger partial charge in [0.1, 0.15) is 17.9 Å². The van der Waals surface area contributed by atoms with E-state index < -0.39 is 29.7 Å². The van der Waals surface area contributed by atoms with Crippen molar-refractivity contribution in [2.24, 2.45) is 5.92 Å². The summed E-state index contributed by atoms with van der Waals surface area (Å²) in [5.41, 5.74) is 2.77. The van der Waals surface area contributed by atoms with Gasteiger partial charge >= 0.3 is 0 Å². The van der Waals surface area contributed by atoms with Crippen LogP contribution < -0.4 is 15.4 Å². The number of nitrogens with zero attached hydrogens (tertiary/aromatic N) is 3. The lowest BCUT2D eigenvalue weighted by Gasteiger charge is -2.40. The molecule has 10 nitrogen and oxygen atoms in total. The average Bonchev–Trinajstić information content (AvgIpc) is 3.21. The summed E-state index contributed by atoms with van der Waals surface area (Å²) in [6.45, 7) is 3.16. The molecule has 4 amide bonds. The molecule has 0 bridgehead atoms. The Bertz CT molecular complexity index is 1520. The van der Waals surface area contributed by atoms with Gasteiger partial charge in [-0.25, -0.2) is 0 Å². The van der Waals surface area contributed by atoms with Crippen LogP contribution in [0.15, 0.2) is 66.3 Å². The molecular weight excluding hydrogens is 522 g/mol. The number of likely N-dealkylation sites (tertiary alicyclic amines) is 1. The van der Waals surface area contributed by atoms with Crippen molar-refractivity contribution in [1.29, 1.82) is 5.26 Å². The van der Waals surface area contributed by atoms with Crippen LogP contribution >= 0.6 is 0 Å². The van der Waals surface area contributed by atoms with Gasteiger partial charge in [-0.3, -0.25) is 34.3 Å². The molecule has 2 unspecified atom stereocenters. The van der Waals surface area contributed by atoms with Gasteiger partial charge in [0, 0.05) is 38.3 Å². The second-order valence-corrected chi connectivity index (χ2v) is 10.8. The molecule has 2 aromatic carbocycles. The number of allylic oxidation sites excluding steroid dienone is 1. The lowest BCUT2D eigenvalue weighted by atomic mass is 9.94. The molecule has 3 aliphatic heterocycles. The minimum absolute atomic E-state index is 0.0844. The number of hydrogen-bond acceptors (Lipinski definition) is 8. The Balaban J connectivity index is 0.995. The number of rotatable bonds is 8. The molecule has 1 aliphatic carbocycles. The van der Waals surface area contributed by atoms with Crippen molar-refractivity contribution in [3.63, 3.8) is 0 Å². The van der Waals surface area contributed by atoms with E-state index in [2.05, 4.69) is 39.8 Å². The normalized spacial score (nSPS) is 22.5. The van der Waals surface area contributed by atoms with Gasteiger partial charge in [0.05, 0.1) is 22.8 Å². The Kier molecular flexibility index (Phi) is 7.12. The molecule has 6 rings (SSSR count). The van der Waals surface area contributed by atoms with Crippen molar-refractivity contribution in [3.05, 3.63) is 83.0 Å². The predicted molar refractivity (Wildman–Crippen MR) is 149 cm³/mol. The Morgan fingerprint density at radius 1 is 1.05 bits per heavy atom. The molecular formula is C31H29N5O5. The highest BCUT2D eigenvalue weighted by Gasteiger charge is 2.45. The number of imide groups is 2. The van der Waals surface area contributed by atoms with Crippen LogP contribution in [0, 0.1) is 17.2 Å². The van der Waals surface area contributed by atoms with Crippen molar-refractivity contribution < 1.29 is 23.9 Å². The van der Waals surface area contributed by atoms with Crippen LogP contribution in [0.4, 0.5) is 5.69 Å². The first-order chi connectivity index (χ1) is 19.9. The molecule has 0 saturated carbocycles. The number of fused-ring (bicyclic) bond motifs is 1. The summed E-state index contributed by atoms with van der Waals surface area (Å²) in [6.07, 6.45) is 7.75. The smallest absolute Gasteiger partial charge is 0.264 e. The lowest BCUT2D eigenvalue weighted by Crippen LogP contribution is -2.54. The van der Waals surface area contributed by atoms with Crippen LogP contribution in [0.3, 0.4) is 0 Å². The molecule has 3 heterocycles. The number of ether oxygens (including phenoxy) is 1.